The molecule has 4 heteroatoms. The summed E-state index contributed by atoms with van der Waals surface area (Å²) in [6.45, 7) is 3.17. The molecule has 4 nitrogen and oxygen atoms in total. The molecule has 0 radical (unpaired) electrons. The average molecular weight is 178 g/mol. The van der Waals surface area contributed by atoms with Crippen LogP contribution in [0.2, 0.25) is 0 Å². The van der Waals surface area contributed by atoms with Crippen LogP contribution in [0.5, 0.6) is 0 Å². The summed E-state index contributed by atoms with van der Waals surface area (Å²) in [5, 5.41) is 3.43. The van der Waals surface area contributed by atoms with Gasteiger partial charge in [0.2, 0.25) is 0 Å². The lowest BCUT2D eigenvalue weighted by Gasteiger charge is -2.30. The Bertz CT molecular complexity index is 262. The Morgan fingerprint density at radius 3 is 3.23 bits per heavy atom. The molecule has 2 rings (SSSR count). The highest BCUT2D eigenvalue weighted by atomic mass is 15.2. The van der Waals surface area contributed by atoms with Crippen LogP contribution in [0.15, 0.2) is 18.6 Å². The van der Waals surface area contributed by atoms with E-state index >= 15 is 0 Å². The van der Waals surface area contributed by atoms with Crippen LogP contribution in [0.1, 0.15) is 11.7 Å². The predicted octanol–water partition coefficient (Wildman–Crippen LogP) is 0.0527. The Labute approximate surface area is 78.0 Å². The minimum Gasteiger partial charge on any atom is -0.306 e. The zero-order valence-electron chi connectivity index (χ0n) is 7.77. The van der Waals surface area contributed by atoms with Crippen LogP contribution in [0.4, 0.5) is 0 Å². The zero-order valence-corrected chi connectivity index (χ0v) is 7.77. The summed E-state index contributed by atoms with van der Waals surface area (Å²) in [4.78, 5) is 10.5. The van der Waals surface area contributed by atoms with Gasteiger partial charge in [-0.1, -0.05) is 0 Å². The van der Waals surface area contributed by atoms with Crippen LogP contribution in [0, 0.1) is 0 Å². The van der Waals surface area contributed by atoms with Crippen molar-refractivity contribution < 1.29 is 0 Å². The van der Waals surface area contributed by atoms with E-state index in [2.05, 4.69) is 27.2 Å². The first-order valence-electron chi connectivity index (χ1n) is 4.54. The van der Waals surface area contributed by atoms with Crippen LogP contribution in [0.25, 0.3) is 0 Å². The Kier molecular flexibility index (Phi) is 2.52. The Balaban J connectivity index is 2.08. The zero-order chi connectivity index (χ0) is 9.10. The fourth-order valence-electron chi connectivity index (χ4n) is 1.60. The number of nitrogens with one attached hydrogen (secondary N) is 1. The number of rotatable bonds is 1. The molecule has 0 aromatic carbocycles. The van der Waals surface area contributed by atoms with Gasteiger partial charge in [-0.3, -0.25) is 0 Å². The lowest BCUT2D eigenvalue weighted by molar-refractivity contribution is 0.238. The van der Waals surface area contributed by atoms with E-state index in [9.17, 15) is 0 Å². The number of likely N-dealkylation sites (N-methyl/N-ethyl adjacent to an activating group) is 1. The van der Waals surface area contributed by atoms with Crippen molar-refractivity contribution in [1.82, 2.24) is 20.2 Å². The molecule has 0 bridgehead atoms. The maximum Gasteiger partial charge on any atom is 0.115 e. The van der Waals surface area contributed by atoms with Crippen LogP contribution in [-0.2, 0) is 0 Å². The summed E-state index contributed by atoms with van der Waals surface area (Å²) in [6.07, 6.45) is 3.39. The number of aromatic nitrogens is 2. The summed E-state index contributed by atoms with van der Waals surface area (Å²) in [6, 6.07) is 2.33. The van der Waals surface area contributed by atoms with Gasteiger partial charge in [-0.15, -0.1) is 0 Å². The topological polar surface area (TPSA) is 41.0 Å². The maximum atomic E-state index is 4.24. The van der Waals surface area contributed by atoms with Gasteiger partial charge < -0.3 is 10.2 Å². The van der Waals surface area contributed by atoms with E-state index in [4.69, 9.17) is 0 Å². The second-order valence-electron chi connectivity index (χ2n) is 3.40. The smallest absolute Gasteiger partial charge is 0.115 e. The highest BCUT2D eigenvalue weighted by Gasteiger charge is 2.18. The van der Waals surface area contributed by atoms with Gasteiger partial charge in [0.05, 0.1) is 11.7 Å². The monoisotopic (exact) mass is 178 g/mol. The quantitative estimate of drug-likeness (QED) is 0.660. The first-order chi connectivity index (χ1) is 6.36. The molecule has 1 atom stereocenters. The number of hydrogen-bond acceptors (Lipinski definition) is 4. The SMILES string of the molecule is CN1CCNC(c2ccncn2)C1. The fraction of sp³-hybridized carbons (Fsp3) is 0.556. The van der Waals surface area contributed by atoms with Crippen LogP contribution in [-0.4, -0.2) is 41.5 Å². The second kappa shape index (κ2) is 3.81. The van der Waals surface area contributed by atoms with Gasteiger partial charge in [0.25, 0.3) is 0 Å². The van der Waals surface area contributed by atoms with E-state index in [1.54, 1.807) is 12.5 Å². The van der Waals surface area contributed by atoms with Crippen molar-refractivity contribution in [2.75, 3.05) is 26.7 Å². The fourth-order valence-corrected chi connectivity index (χ4v) is 1.60. The molecule has 0 spiro atoms. The molecule has 70 valence electrons. The molecule has 1 aliphatic heterocycles. The van der Waals surface area contributed by atoms with E-state index in [-0.39, 0.29) is 0 Å². The Morgan fingerprint density at radius 1 is 1.62 bits per heavy atom. The molecule has 0 saturated carbocycles. The number of nitrogens with zero attached hydrogens (tertiary/aromatic N) is 3. The van der Waals surface area contributed by atoms with Gasteiger partial charge >= 0.3 is 0 Å². The van der Waals surface area contributed by atoms with Gasteiger partial charge in [-0.2, -0.15) is 0 Å². The van der Waals surface area contributed by atoms with E-state index in [1.165, 1.54) is 0 Å². The Morgan fingerprint density at radius 2 is 2.54 bits per heavy atom. The highest BCUT2D eigenvalue weighted by Crippen LogP contribution is 2.12. The minimum absolute atomic E-state index is 0.363. The first kappa shape index (κ1) is 8.59. The molecule has 0 amide bonds. The molecule has 2 heterocycles. The molecule has 13 heavy (non-hydrogen) atoms. The molecule has 1 fully saturated rings. The van der Waals surface area contributed by atoms with E-state index in [1.807, 2.05) is 6.07 Å². The molecule has 1 aromatic heterocycles. The highest BCUT2D eigenvalue weighted by molar-refractivity contribution is 5.06. The largest absolute Gasteiger partial charge is 0.306 e. The molecular formula is C9H14N4. The average Bonchev–Trinajstić information content (AvgIpc) is 2.19. The van der Waals surface area contributed by atoms with Crippen molar-refractivity contribution >= 4 is 0 Å². The van der Waals surface area contributed by atoms with Gasteiger partial charge in [-0.05, 0) is 13.1 Å². The van der Waals surface area contributed by atoms with E-state index in [0.717, 1.165) is 25.3 Å². The Hall–Kier alpha value is -1.00. The molecule has 1 saturated heterocycles. The van der Waals surface area contributed by atoms with Gasteiger partial charge in [0, 0.05) is 25.8 Å². The van der Waals surface area contributed by atoms with Crippen molar-refractivity contribution in [1.29, 1.82) is 0 Å². The van der Waals surface area contributed by atoms with Crippen LogP contribution < -0.4 is 5.32 Å². The summed E-state index contributed by atoms with van der Waals surface area (Å²) in [5.41, 5.74) is 1.08. The van der Waals surface area contributed by atoms with E-state index < -0.39 is 0 Å². The molecule has 1 N–H and O–H groups in total. The molecule has 1 aromatic rings. The van der Waals surface area contributed by atoms with Crippen molar-refractivity contribution in [2.24, 2.45) is 0 Å². The normalized spacial score (nSPS) is 24.5. The number of hydrogen-bond donors (Lipinski definition) is 1. The third-order valence-corrected chi connectivity index (χ3v) is 2.34. The predicted molar refractivity (Wildman–Crippen MR) is 50.3 cm³/mol. The summed E-state index contributed by atoms with van der Waals surface area (Å²) in [7, 11) is 2.13. The molecule has 1 aliphatic rings. The number of piperazine rings is 1. The van der Waals surface area contributed by atoms with Crippen LogP contribution in [0.3, 0.4) is 0 Å². The minimum atomic E-state index is 0.363. The van der Waals surface area contributed by atoms with Crippen molar-refractivity contribution in [2.45, 2.75) is 6.04 Å². The second-order valence-corrected chi connectivity index (χ2v) is 3.40. The molecule has 0 aliphatic carbocycles. The lowest BCUT2D eigenvalue weighted by atomic mass is 10.1. The van der Waals surface area contributed by atoms with Gasteiger partial charge in [0.15, 0.2) is 0 Å². The third-order valence-electron chi connectivity index (χ3n) is 2.34. The van der Waals surface area contributed by atoms with Crippen LogP contribution >= 0.6 is 0 Å². The first-order valence-corrected chi connectivity index (χ1v) is 4.54. The molecular weight excluding hydrogens is 164 g/mol. The van der Waals surface area contributed by atoms with Gasteiger partial charge in [0.1, 0.15) is 6.33 Å². The lowest BCUT2D eigenvalue weighted by Crippen LogP contribution is -2.43. The van der Waals surface area contributed by atoms with Crippen molar-refractivity contribution in [3.63, 3.8) is 0 Å². The maximum absolute atomic E-state index is 4.24. The molecule has 1 unspecified atom stereocenters. The summed E-state index contributed by atoms with van der Waals surface area (Å²) < 4.78 is 0. The summed E-state index contributed by atoms with van der Waals surface area (Å²) >= 11 is 0. The van der Waals surface area contributed by atoms with E-state index in [0.29, 0.717) is 6.04 Å². The van der Waals surface area contributed by atoms with Gasteiger partial charge in [-0.25, -0.2) is 9.97 Å². The standard InChI is InChI=1S/C9H14N4/c1-13-5-4-11-9(6-13)8-2-3-10-7-12-8/h2-3,7,9,11H,4-6H2,1H3. The third kappa shape index (κ3) is 2.02. The summed E-state index contributed by atoms with van der Waals surface area (Å²) in [5.74, 6) is 0. The van der Waals surface area contributed by atoms with Crippen molar-refractivity contribution in [3.8, 4) is 0 Å². The van der Waals surface area contributed by atoms with Crippen molar-refractivity contribution in [3.05, 3.63) is 24.3 Å².